The SMILES string of the molecule is CCCCCCCCCCCC1=[N+](Cc2ccc(Cl)cc2Cl)CC(CCO)c2cc(OC)c(OC)cc21. The minimum absolute atomic E-state index is 0.140. The molecule has 37 heavy (non-hydrogen) atoms. The normalized spacial score (nSPS) is 15.1. The third-order valence-corrected chi connectivity index (χ3v) is 8.09. The van der Waals surface area contributed by atoms with Crippen LogP contribution in [0.2, 0.25) is 10.0 Å². The summed E-state index contributed by atoms with van der Waals surface area (Å²) in [5, 5.41) is 11.2. The van der Waals surface area contributed by atoms with Crippen molar-refractivity contribution in [1.29, 1.82) is 0 Å². The molecule has 2 aromatic rings. The molecule has 0 aliphatic carbocycles. The molecule has 2 aromatic carbocycles. The van der Waals surface area contributed by atoms with Crippen molar-refractivity contribution >= 4 is 28.9 Å². The fourth-order valence-electron chi connectivity index (χ4n) is 5.44. The van der Waals surface area contributed by atoms with Crippen LogP contribution < -0.4 is 9.47 Å². The van der Waals surface area contributed by atoms with Gasteiger partial charge in [0.1, 0.15) is 6.54 Å². The highest BCUT2D eigenvalue weighted by atomic mass is 35.5. The Morgan fingerprint density at radius 2 is 1.54 bits per heavy atom. The van der Waals surface area contributed by atoms with Crippen molar-refractivity contribution in [1.82, 2.24) is 0 Å². The van der Waals surface area contributed by atoms with Gasteiger partial charge in [0.2, 0.25) is 0 Å². The lowest BCUT2D eigenvalue weighted by Crippen LogP contribution is -2.33. The van der Waals surface area contributed by atoms with E-state index in [0.29, 0.717) is 23.0 Å². The van der Waals surface area contributed by atoms with Crippen molar-refractivity contribution in [3.05, 3.63) is 57.1 Å². The Kier molecular flexibility index (Phi) is 12.6. The van der Waals surface area contributed by atoms with Gasteiger partial charge in [0, 0.05) is 35.1 Å². The molecule has 1 atom stereocenters. The van der Waals surface area contributed by atoms with E-state index in [4.69, 9.17) is 32.7 Å². The van der Waals surface area contributed by atoms with E-state index in [1.807, 2.05) is 18.2 Å². The molecule has 0 spiro atoms. The zero-order valence-corrected chi connectivity index (χ0v) is 24.3. The number of unbranched alkanes of at least 4 members (excludes halogenated alkanes) is 8. The van der Waals surface area contributed by atoms with Gasteiger partial charge < -0.3 is 14.6 Å². The van der Waals surface area contributed by atoms with Gasteiger partial charge in [-0.25, -0.2) is 4.58 Å². The van der Waals surface area contributed by atoms with Crippen LogP contribution in [0.5, 0.6) is 11.5 Å². The molecule has 204 valence electrons. The maximum atomic E-state index is 9.86. The highest BCUT2D eigenvalue weighted by Gasteiger charge is 2.34. The van der Waals surface area contributed by atoms with Gasteiger partial charge in [0.25, 0.3) is 0 Å². The summed E-state index contributed by atoms with van der Waals surface area (Å²) in [4.78, 5) is 0. The van der Waals surface area contributed by atoms with Gasteiger partial charge in [-0.2, -0.15) is 0 Å². The number of nitrogens with zero attached hydrogens (tertiary/aromatic N) is 1. The number of halogens is 2. The maximum Gasteiger partial charge on any atom is 0.184 e. The van der Waals surface area contributed by atoms with Gasteiger partial charge in [-0.3, -0.25) is 0 Å². The summed E-state index contributed by atoms with van der Waals surface area (Å²) in [5.41, 5.74) is 4.81. The monoisotopic (exact) mass is 548 g/mol. The fraction of sp³-hybridized carbons (Fsp3) is 0.581. The number of methoxy groups -OCH3 is 2. The van der Waals surface area contributed by atoms with Crippen molar-refractivity contribution in [2.45, 2.75) is 90.0 Å². The Morgan fingerprint density at radius 3 is 2.16 bits per heavy atom. The molecule has 6 heteroatoms. The molecular weight excluding hydrogens is 505 g/mol. The molecule has 0 saturated heterocycles. The van der Waals surface area contributed by atoms with Crippen LogP contribution in [0.1, 0.15) is 100 Å². The summed E-state index contributed by atoms with van der Waals surface area (Å²) < 4.78 is 13.8. The zero-order valence-electron chi connectivity index (χ0n) is 22.8. The summed E-state index contributed by atoms with van der Waals surface area (Å²) in [5.74, 6) is 1.67. The number of hydrogen-bond donors (Lipinski definition) is 1. The predicted octanol–water partition coefficient (Wildman–Crippen LogP) is 8.41. The number of benzene rings is 2. The van der Waals surface area contributed by atoms with Crippen LogP contribution in [0.3, 0.4) is 0 Å². The largest absolute Gasteiger partial charge is 0.493 e. The summed E-state index contributed by atoms with van der Waals surface area (Å²) in [6.07, 6.45) is 13.4. The van der Waals surface area contributed by atoms with Crippen LogP contribution in [0.15, 0.2) is 30.3 Å². The summed E-state index contributed by atoms with van der Waals surface area (Å²) in [7, 11) is 3.36. The van der Waals surface area contributed by atoms with Crippen LogP contribution in [-0.2, 0) is 6.54 Å². The third-order valence-electron chi connectivity index (χ3n) is 7.50. The fourth-order valence-corrected chi connectivity index (χ4v) is 5.91. The first kappa shape index (κ1) is 29.8. The Labute approximate surface area is 233 Å². The highest BCUT2D eigenvalue weighted by Crippen LogP contribution is 2.39. The third kappa shape index (κ3) is 8.37. The molecule has 1 aliphatic rings. The number of aliphatic hydroxyl groups is 1. The van der Waals surface area contributed by atoms with E-state index in [-0.39, 0.29) is 12.5 Å². The molecule has 1 heterocycles. The average molecular weight is 550 g/mol. The van der Waals surface area contributed by atoms with Crippen molar-refractivity contribution in [2.24, 2.45) is 0 Å². The van der Waals surface area contributed by atoms with E-state index in [9.17, 15) is 5.11 Å². The predicted molar refractivity (Wildman–Crippen MR) is 155 cm³/mol. The number of fused-ring (bicyclic) bond motifs is 1. The van der Waals surface area contributed by atoms with E-state index >= 15 is 0 Å². The minimum Gasteiger partial charge on any atom is -0.493 e. The van der Waals surface area contributed by atoms with E-state index in [2.05, 4.69) is 23.6 Å². The van der Waals surface area contributed by atoms with E-state index < -0.39 is 0 Å². The molecule has 0 amide bonds. The molecule has 1 aliphatic heterocycles. The molecule has 0 aromatic heterocycles. The topological polar surface area (TPSA) is 41.7 Å². The van der Waals surface area contributed by atoms with Gasteiger partial charge >= 0.3 is 0 Å². The Hall–Kier alpha value is -1.75. The van der Waals surface area contributed by atoms with E-state index in [1.54, 1.807) is 14.2 Å². The van der Waals surface area contributed by atoms with Gasteiger partial charge in [-0.1, -0.05) is 81.5 Å². The molecule has 0 fully saturated rings. The second kappa shape index (κ2) is 15.6. The molecule has 3 rings (SSSR count). The van der Waals surface area contributed by atoms with Crippen molar-refractivity contribution in [2.75, 3.05) is 27.4 Å². The second-order valence-corrected chi connectivity index (χ2v) is 11.0. The highest BCUT2D eigenvalue weighted by molar-refractivity contribution is 6.35. The lowest BCUT2D eigenvalue weighted by Gasteiger charge is -2.27. The molecule has 4 nitrogen and oxygen atoms in total. The minimum atomic E-state index is 0.140. The molecule has 0 bridgehead atoms. The molecule has 1 N–H and O–H groups in total. The summed E-state index contributed by atoms with van der Waals surface area (Å²) in [6, 6.07) is 9.97. The van der Waals surface area contributed by atoms with Gasteiger partial charge in [-0.05, 0) is 48.7 Å². The number of aliphatic hydroxyl groups excluding tert-OH is 1. The number of ether oxygens (including phenoxy) is 2. The van der Waals surface area contributed by atoms with Crippen LogP contribution in [-0.4, -0.2) is 42.8 Å². The molecule has 0 saturated carbocycles. The van der Waals surface area contributed by atoms with Crippen LogP contribution in [0, 0.1) is 0 Å². The quantitative estimate of drug-likeness (QED) is 0.169. The van der Waals surface area contributed by atoms with Gasteiger partial charge in [0.15, 0.2) is 23.8 Å². The average Bonchev–Trinajstić information content (AvgIpc) is 2.89. The first-order chi connectivity index (χ1) is 18.0. The lowest BCUT2D eigenvalue weighted by atomic mass is 9.84. The van der Waals surface area contributed by atoms with Crippen LogP contribution >= 0.6 is 23.2 Å². The Bertz CT molecular complexity index is 1040. The van der Waals surface area contributed by atoms with E-state index in [1.165, 1.54) is 68.2 Å². The molecular formula is C31H44Cl2NO3+. The first-order valence-corrected chi connectivity index (χ1v) is 14.7. The molecule has 0 radical (unpaired) electrons. The standard InChI is InChI=1S/C31H44Cl2NO3/c1-4-5-6-7-8-9-10-11-12-13-29-27-20-31(37-3)30(36-2)19-26(27)23(16-17-35)21-34(29)22-24-14-15-25(32)18-28(24)33/h14-15,18-20,23,35H,4-13,16-17,21-22H2,1-3H3/q+1. The summed E-state index contributed by atoms with van der Waals surface area (Å²) in [6.45, 7) is 3.94. The van der Waals surface area contributed by atoms with Crippen molar-refractivity contribution < 1.29 is 19.2 Å². The van der Waals surface area contributed by atoms with Crippen molar-refractivity contribution in [3.63, 3.8) is 0 Å². The second-order valence-electron chi connectivity index (χ2n) is 10.1. The maximum absolute atomic E-state index is 9.86. The van der Waals surface area contributed by atoms with Crippen LogP contribution in [0.4, 0.5) is 0 Å². The first-order valence-electron chi connectivity index (χ1n) is 13.9. The van der Waals surface area contributed by atoms with E-state index in [0.717, 1.165) is 36.4 Å². The lowest BCUT2D eigenvalue weighted by molar-refractivity contribution is -0.549. The molecule has 1 unspecified atom stereocenters. The Balaban J connectivity index is 1.87. The number of rotatable bonds is 16. The smallest absolute Gasteiger partial charge is 0.184 e. The van der Waals surface area contributed by atoms with Gasteiger partial charge in [-0.15, -0.1) is 0 Å². The summed E-state index contributed by atoms with van der Waals surface area (Å²) >= 11 is 12.8. The Morgan fingerprint density at radius 1 is 0.892 bits per heavy atom. The number of hydrogen-bond acceptors (Lipinski definition) is 3. The van der Waals surface area contributed by atoms with Crippen molar-refractivity contribution in [3.8, 4) is 11.5 Å². The van der Waals surface area contributed by atoms with Crippen LogP contribution in [0.25, 0.3) is 0 Å². The van der Waals surface area contributed by atoms with Gasteiger partial charge in [0.05, 0.1) is 19.2 Å². The zero-order chi connectivity index (χ0) is 26.6.